The molecule has 0 amide bonds. The summed E-state index contributed by atoms with van der Waals surface area (Å²) in [5.74, 6) is 1.10. The monoisotopic (exact) mass is 431 g/mol. The molecule has 2 aromatic rings. The van der Waals surface area contributed by atoms with Crippen molar-refractivity contribution in [3.05, 3.63) is 59.7 Å². The Morgan fingerprint density at radius 1 is 1.10 bits per heavy atom. The summed E-state index contributed by atoms with van der Waals surface area (Å²) < 4.78 is 42.1. The van der Waals surface area contributed by atoms with Gasteiger partial charge in [-0.1, -0.05) is 44.2 Å². The first-order chi connectivity index (χ1) is 14.4. The third-order valence-corrected chi connectivity index (χ3v) is 7.04. The van der Waals surface area contributed by atoms with E-state index >= 15 is 0 Å². The lowest BCUT2D eigenvalue weighted by molar-refractivity contribution is -0.0612. The Bertz CT molecular complexity index is 968. The van der Waals surface area contributed by atoms with Gasteiger partial charge in [-0.2, -0.15) is 8.42 Å². The van der Waals surface area contributed by atoms with Crippen LogP contribution in [-0.2, 0) is 26.7 Å². The highest BCUT2D eigenvalue weighted by Gasteiger charge is 2.45. The predicted octanol–water partition coefficient (Wildman–Crippen LogP) is 3.36. The molecule has 0 aliphatic carbocycles. The molecular weight excluding hydrogens is 402 g/mol. The summed E-state index contributed by atoms with van der Waals surface area (Å²) in [4.78, 5) is 2.28. The van der Waals surface area contributed by atoms with E-state index in [9.17, 15) is 8.42 Å². The molecule has 1 atom stereocenters. The van der Waals surface area contributed by atoms with Crippen molar-refractivity contribution in [2.75, 3.05) is 32.1 Å². The van der Waals surface area contributed by atoms with Gasteiger partial charge in [0, 0.05) is 24.1 Å². The van der Waals surface area contributed by atoms with Crippen molar-refractivity contribution >= 4 is 10.1 Å². The lowest BCUT2D eigenvalue weighted by atomic mass is 9.83. The van der Waals surface area contributed by atoms with E-state index in [-0.39, 0.29) is 17.4 Å². The van der Waals surface area contributed by atoms with E-state index in [0.29, 0.717) is 31.8 Å². The van der Waals surface area contributed by atoms with Gasteiger partial charge in [0.1, 0.15) is 11.5 Å². The van der Waals surface area contributed by atoms with E-state index in [4.69, 9.17) is 13.7 Å². The lowest BCUT2D eigenvalue weighted by Gasteiger charge is -2.38. The van der Waals surface area contributed by atoms with E-state index in [1.165, 1.54) is 0 Å². The topological polar surface area (TPSA) is 65.1 Å². The zero-order chi connectivity index (χ0) is 21.2. The third kappa shape index (κ3) is 4.63. The second-order valence-corrected chi connectivity index (χ2v) is 10.1. The van der Waals surface area contributed by atoms with Gasteiger partial charge in [-0.05, 0) is 36.6 Å². The van der Waals surface area contributed by atoms with Crippen molar-refractivity contribution in [1.82, 2.24) is 4.90 Å². The molecule has 0 bridgehead atoms. The van der Waals surface area contributed by atoms with Gasteiger partial charge in [0.05, 0.1) is 19.0 Å². The average molecular weight is 432 g/mol. The van der Waals surface area contributed by atoms with Gasteiger partial charge in [0.15, 0.2) is 6.23 Å². The Labute approximate surface area is 178 Å². The van der Waals surface area contributed by atoms with E-state index in [1.807, 2.05) is 42.5 Å². The second kappa shape index (κ2) is 8.57. The van der Waals surface area contributed by atoms with Crippen LogP contribution in [0.25, 0.3) is 0 Å². The van der Waals surface area contributed by atoms with Crippen molar-refractivity contribution in [1.29, 1.82) is 0 Å². The number of nitrogens with zero attached hydrogens (tertiary/aromatic N) is 1. The summed E-state index contributed by atoms with van der Waals surface area (Å²) >= 11 is 0. The van der Waals surface area contributed by atoms with E-state index in [1.54, 1.807) is 6.07 Å². The minimum Gasteiger partial charge on any atom is -0.474 e. The fourth-order valence-corrected chi connectivity index (χ4v) is 5.17. The van der Waals surface area contributed by atoms with Gasteiger partial charge in [-0.3, -0.25) is 4.90 Å². The van der Waals surface area contributed by atoms with Crippen LogP contribution in [0.1, 0.15) is 31.4 Å². The van der Waals surface area contributed by atoms with Crippen LogP contribution in [0.3, 0.4) is 0 Å². The number of benzene rings is 2. The predicted molar refractivity (Wildman–Crippen MR) is 115 cm³/mol. The molecule has 0 saturated carbocycles. The molecule has 2 aliphatic rings. The van der Waals surface area contributed by atoms with Crippen molar-refractivity contribution in [3.63, 3.8) is 0 Å². The second-order valence-electron chi connectivity index (χ2n) is 8.43. The quantitative estimate of drug-likeness (QED) is 0.627. The number of rotatable bonds is 7. The van der Waals surface area contributed by atoms with Crippen LogP contribution in [0, 0.1) is 0 Å². The summed E-state index contributed by atoms with van der Waals surface area (Å²) in [7, 11) is -3.66. The molecule has 7 heteroatoms. The minimum atomic E-state index is -3.66. The molecule has 1 unspecified atom stereocenters. The molecule has 0 N–H and O–H groups in total. The maximum atomic E-state index is 12.5. The number of hydrogen-bond donors (Lipinski definition) is 0. The van der Waals surface area contributed by atoms with Crippen LogP contribution >= 0.6 is 0 Å². The zero-order valence-corrected chi connectivity index (χ0v) is 18.4. The summed E-state index contributed by atoms with van der Waals surface area (Å²) in [6, 6.07) is 15.2. The molecule has 162 valence electrons. The van der Waals surface area contributed by atoms with Crippen LogP contribution in [-0.4, -0.2) is 51.6 Å². The normalized spacial score (nSPS) is 21.1. The summed E-state index contributed by atoms with van der Waals surface area (Å²) in [5, 5.41) is 0. The summed E-state index contributed by atoms with van der Waals surface area (Å²) in [6.07, 6.45) is 1.12. The maximum absolute atomic E-state index is 12.5. The van der Waals surface area contributed by atoms with Crippen LogP contribution in [0.2, 0.25) is 0 Å². The standard InChI is InChI=1S/C23H29NO5S/c1-23(2)20-17-19(10-11-21(20)28-22(23)24-12-14-27-15-13-24)29-30(25,26)16-6-9-18-7-4-3-5-8-18/h3-5,7-8,10-11,17,22H,6,9,12-16H2,1-2H3. The van der Waals surface area contributed by atoms with Crippen molar-refractivity contribution in [3.8, 4) is 11.5 Å². The molecule has 6 nitrogen and oxygen atoms in total. The minimum absolute atomic E-state index is 0.0186. The van der Waals surface area contributed by atoms with Gasteiger partial charge < -0.3 is 13.7 Å². The van der Waals surface area contributed by atoms with Crippen LogP contribution < -0.4 is 8.92 Å². The average Bonchev–Trinajstić information content (AvgIpc) is 2.99. The van der Waals surface area contributed by atoms with E-state index in [2.05, 4.69) is 18.7 Å². The molecule has 0 aromatic heterocycles. The number of morpholine rings is 1. The Kier molecular flexibility index (Phi) is 6.04. The van der Waals surface area contributed by atoms with Gasteiger partial charge in [0.2, 0.25) is 0 Å². The SMILES string of the molecule is CC1(C)c2cc(OS(=O)(=O)CCCc3ccccc3)ccc2OC1N1CCOCC1. The third-order valence-electron chi connectivity index (χ3n) is 5.80. The molecule has 2 aliphatic heterocycles. The first kappa shape index (κ1) is 21.2. The van der Waals surface area contributed by atoms with Gasteiger partial charge in [-0.15, -0.1) is 0 Å². The number of aryl methyl sites for hydroxylation is 1. The first-order valence-electron chi connectivity index (χ1n) is 10.4. The van der Waals surface area contributed by atoms with Crippen LogP contribution in [0.4, 0.5) is 0 Å². The molecular formula is C23H29NO5S. The first-order valence-corrected chi connectivity index (χ1v) is 12.0. The van der Waals surface area contributed by atoms with Gasteiger partial charge in [0.25, 0.3) is 0 Å². The number of ether oxygens (including phenoxy) is 2. The number of hydrogen-bond acceptors (Lipinski definition) is 6. The zero-order valence-electron chi connectivity index (χ0n) is 17.5. The Hall–Kier alpha value is -2.09. The highest BCUT2D eigenvalue weighted by atomic mass is 32.2. The van der Waals surface area contributed by atoms with E-state index < -0.39 is 10.1 Å². The van der Waals surface area contributed by atoms with Crippen molar-refractivity contribution in [2.24, 2.45) is 0 Å². The van der Waals surface area contributed by atoms with Gasteiger partial charge >= 0.3 is 10.1 Å². The fourth-order valence-electron chi connectivity index (χ4n) is 4.20. The highest BCUT2D eigenvalue weighted by molar-refractivity contribution is 7.87. The van der Waals surface area contributed by atoms with Crippen LogP contribution in [0.5, 0.6) is 11.5 Å². The molecule has 0 spiro atoms. The smallest absolute Gasteiger partial charge is 0.309 e. The molecule has 2 heterocycles. The fraction of sp³-hybridized carbons (Fsp3) is 0.478. The van der Waals surface area contributed by atoms with Gasteiger partial charge in [-0.25, -0.2) is 0 Å². The molecule has 1 fully saturated rings. The molecule has 30 heavy (non-hydrogen) atoms. The van der Waals surface area contributed by atoms with Crippen LogP contribution in [0.15, 0.2) is 48.5 Å². The lowest BCUT2D eigenvalue weighted by Crippen LogP contribution is -2.52. The molecule has 2 aromatic carbocycles. The Balaban J connectivity index is 1.42. The Morgan fingerprint density at radius 2 is 1.83 bits per heavy atom. The molecule has 0 radical (unpaired) electrons. The molecule has 1 saturated heterocycles. The maximum Gasteiger partial charge on any atom is 0.309 e. The molecule has 4 rings (SSSR count). The number of fused-ring (bicyclic) bond motifs is 1. The summed E-state index contributed by atoms with van der Waals surface area (Å²) in [6.45, 7) is 7.28. The largest absolute Gasteiger partial charge is 0.474 e. The summed E-state index contributed by atoms with van der Waals surface area (Å²) in [5.41, 5.74) is 1.80. The van der Waals surface area contributed by atoms with Crippen molar-refractivity contribution in [2.45, 2.75) is 38.3 Å². The Morgan fingerprint density at radius 3 is 2.57 bits per heavy atom. The van der Waals surface area contributed by atoms with Crippen molar-refractivity contribution < 1.29 is 22.1 Å². The highest BCUT2D eigenvalue weighted by Crippen LogP contribution is 2.45. The van der Waals surface area contributed by atoms with E-state index in [0.717, 1.165) is 30.0 Å².